The van der Waals surface area contributed by atoms with Crippen LogP contribution in [-0.4, -0.2) is 21.4 Å². The molecule has 0 radical (unpaired) electrons. The van der Waals surface area contributed by atoms with Crippen molar-refractivity contribution >= 4 is 5.91 Å². The Morgan fingerprint density at radius 3 is 2.48 bits per heavy atom. The van der Waals surface area contributed by atoms with E-state index >= 15 is 0 Å². The fourth-order valence-electron chi connectivity index (χ4n) is 2.66. The number of carbonyl (C=O) groups excluding carboxylic acids is 1. The Labute approximate surface area is 132 Å². The number of amides is 1. The van der Waals surface area contributed by atoms with Crippen molar-refractivity contribution in [2.24, 2.45) is 7.05 Å². The molecular formula is C17H17F3N2O. The summed E-state index contributed by atoms with van der Waals surface area (Å²) in [4.78, 5) is 14.3. The maximum absolute atomic E-state index is 13.2. The van der Waals surface area contributed by atoms with Crippen LogP contribution in [0.5, 0.6) is 0 Å². The van der Waals surface area contributed by atoms with Gasteiger partial charge in [-0.25, -0.2) is 0 Å². The summed E-state index contributed by atoms with van der Waals surface area (Å²) in [5, 5.41) is 0. The van der Waals surface area contributed by atoms with Gasteiger partial charge >= 0.3 is 6.18 Å². The minimum atomic E-state index is -4.54. The summed E-state index contributed by atoms with van der Waals surface area (Å²) in [7, 11) is 1.86. The predicted molar refractivity (Wildman–Crippen MR) is 79.8 cm³/mol. The minimum absolute atomic E-state index is 0.0266. The van der Waals surface area contributed by atoms with Gasteiger partial charge in [-0.3, -0.25) is 4.79 Å². The van der Waals surface area contributed by atoms with Gasteiger partial charge in [0.05, 0.1) is 17.7 Å². The number of rotatable bonds is 4. The first-order valence-corrected chi connectivity index (χ1v) is 7.45. The average Bonchev–Trinajstić information content (AvgIpc) is 3.27. The first-order chi connectivity index (χ1) is 10.9. The molecule has 1 aliphatic carbocycles. The molecule has 1 fully saturated rings. The van der Waals surface area contributed by atoms with Crippen LogP contribution in [0.1, 0.15) is 34.5 Å². The minimum Gasteiger partial charge on any atom is -0.353 e. The van der Waals surface area contributed by atoms with Crippen molar-refractivity contribution in [2.45, 2.75) is 31.6 Å². The summed E-state index contributed by atoms with van der Waals surface area (Å²) in [5.41, 5.74) is -0.251. The van der Waals surface area contributed by atoms with Crippen molar-refractivity contribution in [3.8, 4) is 0 Å². The monoisotopic (exact) mass is 322 g/mol. The maximum Gasteiger partial charge on any atom is 0.417 e. The molecule has 1 aliphatic rings. The van der Waals surface area contributed by atoms with Crippen molar-refractivity contribution in [2.75, 3.05) is 0 Å². The van der Waals surface area contributed by atoms with Gasteiger partial charge in [0.25, 0.3) is 5.91 Å². The molecule has 1 amide bonds. The van der Waals surface area contributed by atoms with Crippen LogP contribution in [0.4, 0.5) is 13.2 Å². The van der Waals surface area contributed by atoms with Crippen molar-refractivity contribution in [3.05, 3.63) is 59.4 Å². The molecule has 0 atom stereocenters. The molecule has 0 saturated heterocycles. The van der Waals surface area contributed by atoms with E-state index in [1.165, 1.54) is 18.2 Å². The predicted octanol–water partition coefficient (Wildman–Crippen LogP) is 3.85. The first kappa shape index (κ1) is 15.6. The van der Waals surface area contributed by atoms with Gasteiger partial charge in [0.1, 0.15) is 0 Å². The second-order valence-corrected chi connectivity index (χ2v) is 5.82. The van der Waals surface area contributed by atoms with Crippen LogP contribution in [0.15, 0.2) is 42.6 Å². The number of carbonyl (C=O) groups is 1. The SMILES string of the molecule is Cn1cccc1CN(C(=O)c1ccccc1C(F)(F)F)C1CC1. The van der Waals surface area contributed by atoms with Gasteiger partial charge in [-0.15, -0.1) is 0 Å². The highest BCUT2D eigenvalue weighted by molar-refractivity contribution is 5.96. The van der Waals surface area contributed by atoms with Gasteiger partial charge in [0.15, 0.2) is 0 Å². The van der Waals surface area contributed by atoms with E-state index in [4.69, 9.17) is 0 Å². The summed E-state index contributed by atoms with van der Waals surface area (Å²) in [5.74, 6) is -0.554. The molecule has 1 saturated carbocycles. The number of aromatic nitrogens is 1. The van der Waals surface area contributed by atoms with E-state index in [-0.39, 0.29) is 11.6 Å². The number of alkyl halides is 3. The van der Waals surface area contributed by atoms with Crippen molar-refractivity contribution in [1.82, 2.24) is 9.47 Å². The Morgan fingerprint density at radius 1 is 1.22 bits per heavy atom. The van der Waals surface area contributed by atoms with Gasteiger partial charge in [-0.1, -0.05) is 12.1 Å². The van der Waals surface area contributed by atoms with Gasteiger partial charge < -0.3 is 9.47 Å². The lowest BCUT2D eigenvalue weighted by atomic mass is 10.1. The van der Waals surface area contributed by atoms with Crippen LogP contribution >= 0.6 is 0 Å². The Hall–Kier alpha value is -2.24. The highest BCUT2D eigenvalue weighted by Crippen LogP contribution is 2.35. The number of hydrogen-bond donors (Lipinski definition) is 0. The van der Waals surface area contributed by atoms with E-state index in [0.29, 0.717) is 6.54 Å². The van der Waals surface area contributed by atoms with E-state index in [2.05, 4.69) is 0 Å². The van der Waals surface area contributed by atoms with Crippen LogP contribution in [0.25, 0.3) is 0 Å². The zero-order valence-corrected chi connectivity index (χ0v) is 12.7. The number of nitrogens with zero attached hydrogens (tertiary/aromatic N) is 2. The van der Waals surface area contributed by atoms with Gasteiger partial charge in [0, 0.05) is 25.0 Å². The largest absolute Gasteiger partial charge is 0.417 e. The third kappa shape index (κ3) is 3.25. The van der Waals surface area contributed by atoms with Crippen LogP contribution in [0.2, 0.25) is 0 Å². The quantitative estimate of drug-likeness (QED) is 0.839. The Kier molecular flexibility index (Phi) is 3.92. The van der Waals surface area contributed by atoms with Gasteiger partial charge in [-0.2, -0.15) is 13.2 Å². The molecule has 0 spiro atoms. The second kappa shape index (κ2) is 5.76. The van der Waals surface area contributed by atoms with E-state index in [1.54, 1.807) is 4.90 Å². The lowest BCUT2D eigenvalue weighted by Crippen LogP contribution is -2.34. The zero-order chi connectivity index (χ0) is 16.6. The van der Waals surface area contributed by atoms with Crippen molar-refractivity contribution in [1.29, 1.82) is 0 Å². The number of aryl methyl sites for hydroxylation is 1. The Balaban J connectivity index is 1.92. The average molecular weight is 322 g/mol. The molecular weight excluding hydrogens is 305 g/mol. The number of halogens is 3. The first-order valence-electron chi connectivity index (χ1n) is 7.45. The molecule has 0 aliphatic heterocycles. The van der Waals surface area contributed by atoms with E-state index < -0.39 is 17.6 Å². The third-order valence-electron chi connectivity index (χ3n) is 4.10. The molecule has 122 valence electrons. The van der Waals surface area contributed by atoms with Crippen LogP contribution in [0.3, 0.4) is 0 Å². The smallest absolute Gasteiger partial charge is 0.353 e. The normalized spacial score (nSPS) is 14.8. The molecule has 2 aromatic rings. The summed E-state index contributed by atoms with van der Waals surface area (Å²) >= 11 is 0. The Morgan fingerprint density at radius 2 is 1.91 bits per heavy atom. The van der Waals surface area contributed by atoms with Crippen LogP contribution in [-0.2, 0) is 19.8 Å². The van der Waals surface area contributed by atoms with E-state index in [1.807, 2.05) is 29.9 Å². The molecule has 1 heterocycles. The number of hydrogen-bond acceptors (Lipinski definition) is 1. The summed E-state index contributed by atoms with van der Waals surface area (Å²) < 4.78 is 41.3. The van der Waals surface area contributed by atoms with Crippen LogP contribution in [0, 0.1) is 0 Å². The molecule has 3 nitrogen and oxygen atoms in total. The third-order valence-corrected chi connectivity index (χ3v) is 4.10. The van der Waals surface area contributed by atoms with Crippen molar-refractivity contribution in [3.63, 3.8) is 0 Å². The number of benzene rings is 1. The van der Waals surface area contributed by atoms with E-state index in [0.717, 1.165) is 24.6 Å². The molecule has 1 aromatic heterocycles. The highest BCUT2D eigenvalue weighted by atomic mass is 19.4. The molecule has 6 heteroatoms. The lowest BCUT2D eigenvalue weighted by Gasteiger charge is -2.24. The standard InChI is InChI=1S/C17H17F3N2O/c1-21-10-4-5-13(21)11-22(12-8-9-12)16(23)14-6-2-3-7-15(14)17(18,19)20/h2-7,10,12H,8-9,11H2,1H3. The fourth-order valence-corrected chi connectivity index (χ4v) is 2.66. The molecule has 3 rings (SSSR count). The maximum atomic E-state index is 13.2. The summed E-state index contributed by atoms with van der Waals surface area (Å²) in [6.07, 6.45) is -1.00. The molecule has 0 unspecified atom stereocenters. The van der Waals surface area contributed by atoms with Crippen LogP contribution < -0.4 is 0 Å². The topological polar surface area (TPSA) is 25.2 Å². The molecule has 1 aromatic carbocycles. The molecule has 0 bridgehead atoms. The molecule has 23 heavy (non-hydrogen) atoms. The zero-order valence-electron chi connectivity index (χ0n) is 12.7. The second-order valence-electron chi connectivity index (χ2n) is 5.82. The highest BCUT2D eigenvalue weighted by Gasteiger charge is 2.39. The molecule has 0 N–H and O–H groups in total. The van der Waals surface area contributed by atoms with Crippen molar-refractivity contribution < 1.29 is 18.0 Å². The fraction of sp³-hybridized carbons (Fsp3) is 0.353. The Bertz CT molecular complexity index is 717. The summed E-state index contributed by atoms with van der Waals surface area (Å²) in [6.45, 7) is 0.319. The van der Waals surface area contributed by atoms with E-state index in [9.17, 15) is 18.0 Å². The summed E-state index contributed by atoms with van der Waals surface area (Å²) in [6, 6.07) is 8.74. The van der Waals surface area contributed by atoms with Gasteiger partial charge in [0.2, 0.25) is 0 Å². The lowest BCUT2D eigenvalue weighted by molar-refractivity contribution is -0.138. The van der Waals surface area contributed by atoms with Gasteiger partial charge in [-0.05, 0) is 37.1 Å².